The van der Waals surface area contributed by atoms with Gasteiger partial charge in [0.05, 0.1) is 6.54 Å². The van der Waals surface area contributed by atoms with E-state index in [2.05, 4.69) is 19.2 Å². The minimum atomic E-state index is 0.228. The molecule has 15 heavy (non-hydrogen) atoms. The van der Waals surface area contributed by atoms with Crippen LogP contribution >= 0.6 is 11.8 Å². The highest BCUT2D eigenvalue weighted by Crippen LogP contribution is 2.25. The number of hydrogen-bond acceptors (Lipinski definition) is 3. The minimum absolute atomic E-state index is 0.228. The fraction of sp³-hybridized carbons (Fsp3) is 0.909. The van der Waals surface area contributed by atoms with Gasteiger partial charge in [-0.05, 0) is 25.5 Å². The number of carbonyl (C=O) groups is 1. The Bertz CT molecular complexity index is 207. The predicted molar refractivity (Wildman–Crippen MR) is 66.3 cm³/mol. The first-order valence-electron chi connectivity index (χ1n) is 5.72. The molecule has 1 rings (SSSR count). The number of hydrogen-bond donors (Lipinski definition) is 1. The first kappa shape index (κ1) is 12.8. The Labute approximate surface area is 97.0 Å². The molecule has 1 N–H and O–H groups in total. The second-order valence-corrected chi connectivity index (χ2v) is 5.50. The second-order valence-electron chi connectivity index (χ2n) is 4.18. The third-order valence-electron chi connectivity index (χ3n) is 2.66. The Morgan fingerprint density at radius 3 is 2.80 bits per heavy atom. The lowest BCUT2D eigenvalue weighted by Gasteiger charge is -2.18. The predicted octanol–water partition coefficient (Wildman–Crippen LogP) is 1.34. The fourth-order valence-electron chi connectivity index (χ4n) is 1.41. The molecular weight excluding hydrogens is 208 g/mol. The molecule has 4 heteroatoms. The summed E-state index contributed by atoms with van der Waals surface area (Å²) in [6.07, 6.45) is 2.37. The van der Waals surface area contributed by atoms with Gasteiger partial charge in [-0.15, -0.1) is 0 Å². The van der Waals surface area contributed by atoms with E-state index in [1.807, 2.05) is 23.7 Å². The number of nitrogens with zero attached hydrogens (tertiary/aromatic N) is 1. The summed E-state index contributed by atoms with van der Waals surface area (Å²) in [5.41, 5.74) is 0. The van der Waals surface area contributed by atoms with Gasteiger partial charge >= 0.3 is 0 Å². The molecule has 88 valence electrons. The van der Waals surface area contributed by atoms with Crippen LogP contribution in [0.3, 0.4) is 0 Å². The van der Waals surface area contributed by atoms with Gasteiger partial charge in [0.1, 0.15) is 0 Å². The maximum atomic E-state index is 11.7. The lowest BCUT2D eigenvalue weighted by molar-refractivity contribution is -0.129. The van der Waals surface area contributed by atoms with Crippen LogP contribution in [0, 0.1) is 0 Å². The van der Waals surface area contributed by atoms with Crippen LogP contribution in [0.5, 0.6) is 0 Å². The summed E-state index contributed by atoms with van der Waals surface area (Å²) in [5, 5.41) is 3.27. The molecule has 1 aliphatic carbocycles. The van der Waals surface area contributed by atoms with Crippen molar-refractivity contribution in [1.82, 2.24) is 10.2 Å². The van der Waals surface area contributed by atoms with Crippen molar-refractivity contribution in [3.63, 3.8) is 0 Å². The van der Waals surface area contributed by atoms with Gasteiger partial charge < -0.3 is 10.2 Å². The Morgan fingerprint density at radius 1 is 1.60 bits per heavy atom. The molecule has 0 aromatic carbocycles. The van der Waals surface area contributed by atoms with Crippen LogP contribution in [0.15, 0.2) is 0 Å². The van der Waals surface area contributed by atoms with Crippen molar-refractivity contribution in [2.45, 2.75) is 38.8 Å². The molecule has 0 aromatic rings. The van der Waals surface area contributed by atoms with Crippen LogP contribution in [0.25, 0.3) is 0 Å². The van der Waals surface area contributed by atoms with Crippen molar-refractivity contribution in [3.8, 4) is 0 Å². The Balaban J connectivity index is 2.09. The molecule has 0 saturated heterocycles. The largest absolute Gasteiger partial charge is 0.342 e. The molecule has 1 fully saturated rings. The summed E-state index contributed by atoms with van der Waals surface area (Å²) in [6.45, 7) is 4.77. The molecule has 0 aromatic heterocycles. The van der Waals surface area contributed by atoms with Gasteiger partial charge in [-0.2, -0.15) is 11.8 Å². The van der Waals surface area contributed by atoms with E-state index >= 15 is 0 Å². The molecule has 1 unspecified atom stereocenters. The zero-order valence-electron chi connectivity index (χ0n) is 9.95. The van der Waals surface area contributed by atoms with Crippen LogP contribution in [0.4, 0.5) is 0 Å². The van der Waals surface area contributed by atoms with E-state index < -0.39 is 0 Å². The van der Waals surface area contributed by atoms with Gasteiger partial charge in [0.15, 0.2) is 0 Å². The quantitative estimate of drug-likeness (QED) is 0.716. The minimum Gasteiger partial charge on any atom is -0.342 e. The van der Waals surface area contributed by atoms with Gasteiger partial charge in [0.2, 0.25) is 5.91 Å². The number of thioether (sulfide) groups is 1. The zero-order valence-corrected chi connectivity index (χ0v) is 10.8. The summed E-state index contributed by atoms with van der Waals surface area (Å²) in [7, 11) is 1.91. The monoisotopic (exact) mass is 230 g/mol. The Kier molecular flexibility index (Phi) is 5.47. The standard InChI is InChI=1S/C11H22N2OS/c1-4-15-8-9(2)12-7-11(14)13(3)10-5-6-10/h9-10,12H,4-8H2,1-3H3. The number of likely N-dealkylation sites (N-methyl/N-ethyl adjacent to an activating group) is 1. The van der Waals surface area contributed by atoms with Crippen molar-refractivity contribution < 1.29 is 4.79 Å². The van der Waals surface area contributed by atoms with E-state index in [1.165, 1.54) is 12.8 Å². The molecule has 3 nitrogen and oxygen atoms in total. The number of nitrogens with one attached hydrogen (secondary N) is 1. The van der Waals surface area contributed by atoms with Gasteiger partial charge in [0.25, 0.3) is 0 Å². The van der Waals surface area contributed by atoms with Gasteiger partial charge in [-0.3, -0.25) is 4.79 Å². The smallest absolute Gasteiger partial charge is 0.236 e. The third kappa shape index (κ3) is 4.89. The third-order valence-corrected chi connectivity index (χ3v) is 3.81. The highest BCUT2D eigenvalue weighted by molar-refractivity contribution is 7.99. The van der Waals surface area contributed by atoms with E-state index in [1.54, 1.807) is 0 Å². The Morgan fingerprint density at radius 2 is 2.27 bits per heavy atom. The van der Waals surface area contributed by atoms with Crippen LogP contribution in [0.1, 0.15) is 26.7 Å². The van der Waals surface area contributed by atoms with Crippen LogP contribution in [-0.4, -0.2) is 48.0 Å². The number of carbonyl (C=O) groups excluding carboxylic acids is 1. The van der Waals surface area contributed by atoms with Crippen molar-refractivity contribution >= 4 is 17.7 Å². The molecule has 0 heterocycles. The fourth-order valence-corrected chi connectivity index (χ4v) is 2.11. The van der Waals surface area contributed by atoms with Crippen LogP contribution < -0.4 is 5.32 Å². The number of rotatable bonds is 7. The molecular formula is C11H22N2OS. The highest BCUT2D eigenvalue weighted by atomic mass is 32.2. The topological polar surface area (TPSA) is 32.3 Å². The van der Waals surface area contributed by atoms with Gasteiger partial charge in [-0.1, -0.05) is 6.92 Å². The molecule has 1 amide bonds. The Hall–Kier alpha value is -0.220. The maximum Gasteiger partial charge on any atom is 0.236 e. The molecule has 0 aliphatic heterocycles. The highest BCUT2D eigenvalue weighted by Gasteiger charge is 2.29. The van der Waals surface area contributed by atoms with Crippen LogP contribution in [-0.2, 0) is 4.79 Å². The normalized spacial score (nSPS) is 17.5. The molecule has 0 spiro atoms. The first-order valence-corrected chi connectivity index (χ1v) is 6.87. The second kappa shape index (κ2) is 6.38. The summed E-state index contributed by atoms with van der Waals surface area (Å²) in [5.74, 6) is 2.45. The average molecular weight is 230 g/mol. The zero-order chi connectivity index (χ0) is 11.3. The van der Waals surface area contributed by atoms with Crippen LogP contribution in [0.2, 0.25) is 0 Å². The first-order chi connectivity index (χ1) is 7.15. The van der Waals surface area contributed by atoms with Gasteiger partial charge in [-0.25, -0.2) is 0 Å². The molecule has 0 radical (unpaired) electrons. The summed E-state index contributed by atoms with van der Waals surface area (Å²) < 4.78 is 0. The lowest BCUT2D eigenvalue weighted by Crippen LogP contribution is -2.40. The maximum absolute atomic E-state index is 11.7. The average Bonchev–Trinajstić information content (AvgIpc) is 3.05. The molecule has 1 atom stereocenters. The van der Waals surface area contributed by atoms with E-state index in [0.717, 1.165) is 11.5 Å². The van der Waals surface area contributed by atoms with Crippen molar-refractivity contribution in [3.05, 3.63) is 0 Å². The van der Waals surface area contributed by atoms with Crippen molar-refractivity contribution in [2.24, 2.45) is 0 Å². The SMILES string of the molecule is CCSCC(C)NCC(=O)N(C)C1CC1. The molecule has 0 bridgehead atoms. The summed E-state index contributed by atoms with van der Waals surface area (Å²) in [6, 6.07) is 0.950. The lowest BCUT2D eigenvalue weighted by atomic mass is 10.4. The van der Waals surface area contributed by atoms with Gasteiger partial charge in [0, 0.05) is 24.9 Å². The summed E-state index contributed by atoms with van der Waals surface area (Å²) >= 11 is 1.91. The van der Waals surface area contributed by atoms with E-state index in [0.29, 0.717) is 18.6 Å². The molecule has 1 saturated carbocycles. The number of amides is 1. The summed E-state index contributed by atoms with van der Waals surface area (Å²) in [4.78, 5) is 13.5. The van der Waals surface area contributed by atoms with Crippen molar-refractivity contribution in [1.29, 1.82) is 0 Å². The molecule has 1 aliphatic rings. The van der Waals surface area contributed by atoms with E-state index in [4.69, 9.17) is 0 Å². The van der Waals surface area contributed by atoms with Crippen molar-refractivity contribution in [2.75, 3.05) is 25.1 Å². The van der Waals surface area contributed by atoms with E-state index in [-0.39, 0.29) is 5.91 Å². The van der Waals surface area contributed by atoms with E-state index in [9.17, 15) is 4.79 Å².